The number of benzene rings is 1. The molecular weight excluding hydrogens is 377 g/mol. The largest absolute Gasteiger partial charge is 0.353 e. The molecular formula is C16H18FN5O4S. The maximum Gasteiger partial charge on any atom is 0.353 e. The number of nitrogens with one attached hydrogen (secondary N) is 1. The molecule has 0 saturated carbocycles. The summed E-state index contributed by atoms with van der Waals surface area (Å²) in [5.74, 6) is -0.822. The summed E-state index contributed by atoms with van der Waals surface area (Å²) in [5, 5.41) is 14.2. The minimum Gasteiger partial charge on any atom is -0.351 e. The lowest BCUT2D eigenvalue weighted by Crippen LogP contribution is -2.31. The molecule has 1 fully saturated rings. The highest BCUT2D eigenvalue weighted by molar-refractivity contribution is 7.90. The van der Waals surface area contributed by atoms with Crippen molar-refractivity contribution in [2.45, 2.75) is 24.2 Å². The van der Waals surface area contributed by atoms with Gasteiger partial charge in [-0.05, 0) is 37.5 Å². The van der Waals surface area contributed by atoms with Crippen LogP contribution in [-0.4, -0.2) is 42.7 Å². The predicted molar refractivity (Wildman–Crippen MR) is 97.5 cm³/mol. The Morgan fingerprint density at radius 3 is 2.52 bits per heavy atom. The van der Waals surface area contributed by atoms with Crippen LogP contribution in [0, 0.1) is 15.9 Å². The lowest BCUT2D eigenvalue weighted by Gasteiger charge is -2.27. The standard InChI is InChI=1S/C16H18FN5O4S/c1-27(25,26)11-5-6-13(12(17)9-11)20-15-14(22(23)24)16(19-10-18-15)21-7-3-2-4-8-21/h5-6,9-10H,2-4,7-8H2,1H3,(H,18,19,20). The van der Waals surface area contributed by atoms with Gasteiger partial charge in [0.25, 0.3) is 0 Å². The number of anilines is 3. The molecule has 3 rings (SSSR count). The molecule has 0 atom stereocenters. The first-order valence-electron chi connectivity index (χ1n) is 8.28. The van der Waals surface area contributed by atoms with Crippen molar-refractivity contribution in [3.05, 3.63) is 40.5 Å². The summed E-state index contributed by atoms with van der Waals surface area (Å²) in [6, 6.07) is 3.29. The van der Waals surface area contributed by atoms with Gasteiger partial charge in [-0.25, -0.2) is 22.8 Å². The summed E-state index contributed by atoms with van der Waals surface area (Å²) in [6.45, 7) is 1.30. The second-order valence-corrected chi connectivity index (χ2v) is 8.25. The molecule has 0 aliphatic carbocycles. The van der Waals surface area contributed by atoms with Gasteiger partial charge in [0.1, 0.15) is 12.1 Å². The Morgan fingerprint density at radius 1 is 1.22 bits per heavy atom. The van der Waals surface area contributed by atoms with Crippen molar-refractivity contribution >= 4 is 32.8 Å². The normalized spacial score (nSPS) is 14.8. The van der Waals surface area contributed by atoms with Crippen LogP contribution in [0.3, 0.4) is 0 Å². The molecule has 1 aromatic carbocycles. The van der Waals surface area contributed by atoms with Crippen molar-refractivity contribution in [3.8, 4) is 0 Å². The third kappa shape index (κ3) is 4.13. The van der Waals surface area contributed by atoms with Gasteiger partial charge in [-0.2, -0.15) is 0 Å². The average Bonchev–Trinajstić information content (AvgIpc) is 2.63. The highest BCUT2D eigenvalue weighted by atomic mass is 32.2. The Labute approximate surface area is 155 Å². The molecule has 144 valence electrons. The zero-order valence-corrected chi connectivity index (χ0v) is 15.4. The van der Waals surface area contributed by atoms with Crippen molar-refractivity contribution in [1.82, 2.24) is 9.97 Å². The Kier molecular flexibility index (Phi) is 5.22. The van der Waals surface area contributed by atoms with Gasteiger partial charge in [0.15, 0.2) is 9.84 Å². The Bertz CT molecular complexity index is 977. The van der Waals surface area contributed by atoms with E-state index in [-0.39, 0.29) is 27.9 Å². The third-order valence-electron chi connectivity index (χ3n) is 4.26. The topological polar surface area (TPSA) is 118 Å². The van der Waals surface area contributed by atoms with E-state index in [2.05, 4.69) is 15.3 Å². The van der Waals surface area contributed by atoms with E-state index in [0.717, 1.165) is 31.6 Å². The van der Waals surface area contributed by atoms with E-state index < -0.39 is 20.6 Å². The van der Waals surface area contributed by atoms with Crippen LogP contribution in [0.5, 0.6) is 0 Å². The monoisotopic (exact) mass is 395 g/mol. The zero-order valence-electron chi connectivity index (χ0n) is 14.6. The van der Waals surface area contributed by atoms with Gasteiger partial charge in [-0.3, -0.25) is 10.1 Å². The first-order chi connectivity index (χ1) is 12.8. The lowest BCUT2D eigenvalue weighted by atomic mass is 10.1. The molecule has 2 aromatic rings. The summed E-state index contributed by atoms with van der Waals surface area (Å²) < 4.78 is 37.3. The van der Waals surface area contributed by atoms with Gasteiger partial charge in [-0.1, -0.05) is 0 Å². The van der Waals surface area contributed by atoms with Crippen LogP contribution in [-0.2, 0) is 9.84 Å². The number of nitrogens with zero attached hydrogens (tertiary/aromatic N) is 4. The van der Waals surface area contributed by atoms with Crippen molar-refractivity contribution in [3.63, 3.8) is 0 Å². The second-order valence-electron chi connectivity index (χ2n) is 6.24. The SMILES string of the molecule is CS(=O)(=O)c1ccc(Nc2ncnc(N3CCCCC3)c2[N+](=O)[O-])c(F)c1. The fourth-order valence-corrected chi connectivity index (χ4v) is 3.55. The van der Waals surface area contributed by atoms with Gasteiger partial charge < -0.3 is 10.2 Å². The summed E-state index contributed by atoms with van der Waals surface area (Å²) in [4.78, 5) is 20.6. The van der Waals surface area contributed by atoms with Crippen LogP contribution < -0.4 is 10.2 Å². The van der Waals surface area contributed by atoms with Gasteiger partial charge in [0.05, 0.1) is 15.5 Å². The Morgan fingerprint density at radius 2 is 1.93 bits per heavy atom. The van der Waals surface area contributed by atoms with E-state index in [4.69, 9.17) is 0 Å². The minimum atomic E-state index is -3.57. The van der Waals surface area contributed by atoms with Gasteiger partial charge in [-0.15, -0.1) is 0 Å². The van der Waals surface area contributed by atoms with Gasteiger partial charge in [0, 0.05) is 19.3 Å². The van der Waals surface area contributed by atoms with E-state index in [1.54, 1.807) is 0 Å². The molecule has 11 heteroatoms. The van der Waals surface area contributed by atoms with Crippen LogP contribution >= 0.6 is 0 Å². The molecule has 0 unspecified atom stereocenters. The van der Waals surface area contributed by atoms with Crippen LogP contribution in [0.2, 0.25) is 0 Å². The molecule has 9 nitrogen and oxygen atoms in total. The summed E-state index contributed by atoms with van der Waals surface area (Å²) in [5.41, 5.74) is -0.459. The fraction of sp³-hybridized carbons (Fsp3) is 0.375. The number of aromatic nitrogens is 2. The van der Waals surface area contributed by atoms with Crippen LogP contribution in [0.1, 0.15) is 19.3 Å². The predicted octanol–water partition coefficient (Wildman–Crippen LogP) is 2.66. The van der Waals surface area contributed by atoms with Crippen molar-refractivity contribution < 1.29 is 17.7 Å². The smallest absolute Gasteiger partial charge is 0.351 e. The van der Waals surface area contributed by atoms with Gasteiger partial charge >= 0.3 is 5.69 Å². The number of piperidine rings is 1. The molecule has 0 radical (unpaired) electrons. The van der Waals surface area contributed by atoms with E-state index in [1.807, 2.05) is 4.90 Å². The van der Waals surface area contributed by atoms with Crippen LogP contribution in [0.15, 0.2) is 29.4 Å². The van der Waals surface area contributed by atoms with E-state index in [9.17, 15) is 22.9 Å². The number of nitro groups is 1. The molecule has 1 aliphatic heterocycles. The molecule has 27 heavy (non-hydrogen) atoms. The molecule has 0 bridgehead atoms. The summed E-state index contributed by atoms with van der Waals surface area (Å²) >= 11 is 0. The number of hydrogen-bond donors (Lipinski definition) is 1. The molecule has 1 aliphatic rings. The molecule has 0 spiro atoms. The average molecular weight is 395 g/mol. The number of sulfone groups is 1. The number of rotatable bonds is 5. The maximum absolute atomic E-state index is 14.3. The van der Waals surface area contributed by atoms with E-state index in [0.29, 0.717) is 13.1 Å². The first-order valence-corrected chi connectivity index (χ1v) is 10.2. The highest BCUT2D eigenvalue weighted by Crippen LogP contribution is 2.35. The van der Waals surface area contributed by atoms with Crippen molar-refractivity contribution in [2.24, 2.45) is 0 Å². The van der Waals surface area contributed by atoms with E-state index >= 15 is 0 Å². The number of halogens is 1. The van der Waals surface area contributed by atoms with Crippen molar-refractivity contribution in [1.29, 1.82) is 0 Å². The Hall–Kier alpha value is -2.82. The fourth-order valence-electron chi connectivity index (χ4n) is 2.92. The van der Waals surface area contributed by atoms with Crippen LogP contribution in [0.4, 0.5) is 27.4 Å². The molecule has 1 aromatic heterocycles. The Balaban J connectivity index is 1.99. The second kappa shape index (κ2) is 7.43. The highest BCUT2D eigenvalue weighted by Gasteiger charge is 2.28. The maximum atomic E-state index is 14.3. The molecule has 1 saturated heterocycles. The number of hydrogen-bond acceptors (Lipinski definition) is 8. The van der Waals surface area contributed by atoms with Crippen LogP contribution in [0.25, 0.3) is 0 Å². The lowest BCUT2D eigenvalue weighted by molar-refractivity contribution is -0.383. The summed E-state index contributed by atoms with van der Waals surface area (Å²) in [6.07, 6.45) is 5.02. The van der Waals surface area contributed by atoms with Gasteiger partial charge in [0.2, 0.25) is 11.6 Å². The molecule has 0 amide bonds. The van der Waals surface area contributed by atoms with Crippen molar-refractivity contribution in [2.75, 3.05) is 29.6 Å². The summed E-state index contributed by atoms with van der Waals surface area (Å²) in [7, 11) is -3.57. The zero-order chi connectivity index (χ0) is 19.6. The quantitative estimate of drug-likeness (QED) is 0.606. The third-order valence-corrected chi connectivity index (χ3v) is 5.37. The molecule has 1 N–H and O–H groups in total. The molecule has 2 heterocycles. The van der Waals surface area contributed by atoms with E-state index in [1.165, 1.54) is 18.5 Å². The minimum absolute atomic E-state index is 0.117. The first kappa shape index (κ1) is 19.0.